The lowest BCUT2D eigenvalue weighted by Crippen LogP contribution is -2.30. The highest BCUT2D eigenvalue weighted by Gasteiger charge is 2.68. The maximum Gasteiger partial charge on any atom is 0.429 e. The molecule has 1 atom stereocenters. The van der Waals surface area contributed by atoms with E-state index in [1.807, 2.05) is 0 Å². The van der Waals surface area contributed by atoms with Crippen LogP contribution >= 0.6 is 0 Å². The normalized spacial score (nSPS) is 32.8. The Labute approximate surface area is 60.8 Å². The SMILES string of the molecule is CC(=O)C1OOC2(OO2)C1=O. The highest BCUT2D eigenvalue weighted by Crippen LogP contribution is 2.38. The van der Waals surface area contributed by atoms with Crippen molar-refractivity contribution in [2.45, 2.75) is 19.0 Å². The van der Waals surface area contributed by atoms with E-state index in [1.54, 1.807) is 0 Å². The number of rotatable bonds is 1. The molecule has 1 unspecified atom stereocenters. The summed E-state index contributed by atoms with van der Waals surface area (Å²) in [7, 11) is 0. The third-order valence-corrected chi connectivity index (χ3v) is 1.40. The Morgan fingerprint density at radius 1 is 1.45 bits per heavy atom. The first-order chi connectivity index (χ1) is 5.16. The van der Waals surface area contributed by atoms with Gasteiger partial charge < -0.3 is 0 Å². The topological polar surface area (TPSA) is 77.7 Å². The number of ketones is 2. The molecule has 0 amide bonds. The number of hydrogen-bond donors (Lipinski definition) is 0. The lowest BCUT2D eigenvalue weighted by atomic mass is 10.1. The van der Waals surface area contributed by atoms with Gasteiger partial charge in [-0.2, -0.15) is 14.7 Å². The zero-order chi connectivity index (χ0) is 8.06. The fourth-order valence-electron chi connectivity index (χ4n) is 0.757. The van der Waals surface area contributed by atoms with E-state index in [0.717, 1.165) is 0 Å². The molecular weight excluding hydrogens is 156 g/mol. The number of carbonyl (C=O) groups is 2. The summed E-state index contributed by atoms with van der Waals surface area (Å²) in [5.41, 5.74) is 0. The summed E-state index contributed by atoms with van der Waals surface area (Å²) in [6, 6.07) is 0. The van der Waals surface area contributed by atoms with Crippen molar-refractivity contribution in [2.75, 3.05) is 0 Å². The van der Waals surface area contributed by atoms with Crippen molar-refractivity contribution in [3.8, 4) is 0 Å². The summed E-state index contributed by atoms with van der Waals surface area (Å²) >= 11 is 0. The summed E-state index contributed by atoms with van der Waals surface area (Å²) in [4.78, 5) is 38.7. The Morgan fingerprint density at radius 3 is 2.36 bits per heavy atom. The molecule has 11 heavy (non-hydrogen) atoms. The van der Waals surface area contributed by atoms with Crippen LogP contribution in [0, 0.1) is 0 Å². The molecule has 0 aromatic heterocycles. The summed E-state index contributed by atoms with van der Waals surface area (Å²) in [6.07, 6.45) is -1.21. The molecule has 2 fully saturated rings. The first kappa shape index (κ1) is 6.86. The van der Waals surface area contributed by atoms with Crippen LogP contribution in [0.5, 0.6) is 0 Å². The summed E-state index contributed by atoms with van der Waals surface area (Å²) in [5, 5.41) is 0. The van der Waals surface area contributed by atoms with E-state index >= 15 is 0 Å². The fraction of sp³-hybridized carbons (Fsp3) is 0.600. The van der Waals surface area contributed by atoms with Crippen LogP contribution in [-0.4, -0.2) is 23.6 Å². The quantitative estimate of drug-likeness (QED) is 0.280. The van der Waals surface area contributed by atoms with E-state index in [4.69, 9.17) is 0 Å². The number of carbonyl (C=O) groups excluding carboxylic acids is 2. The molecule has 2 aliphatic rings. The van der Waals surface area contributed by atoms with Crippen LogP contribution in [0.3, 0.4) is 0 Å². The minimum absolute atomic E-state index is 0.439. The Morgan fingerprint density at radius 2 is 2.09 bits per heavy atom. The predicted molar refractivity (Wildman–Crippen MR) is 26.5 cm³/mol. The van der Waals surface area contributed by atoms with Crippen LogP contribution < -0.4 is 0 Å². The molecule has 0 N–H and O–H groups in total. The molecular formula is C5H4O6. The zero-order valence-electron chi connectivity index (χ0n) is 5.53. The minimum atomic E-state index is -1.73. The van der Waals surface area contributed by atoms with E-state index in [0.29, 0.717) is 0 Å². The highest BCUT2D eigenvalue weighted by molar-refractivity contribution is 6.08. The molecule has 2 aliphatic heterocycles. The number of hydrogen-bond acceptors (Lipinski definition) is 6. The van der Waals surface area contributed by atoms with Gasteiger partial charge in [0.15, 0.2) is 5.78 Å². The monoisotopic (exact) mass is 160 g/mol. The first-order valence-electron chi connectivity index (χ1n) is 2.92. The van der Waals surface area contributed by atoms with Gasteiger partial charge in [-0.1, -0.05) is 0 Å². The van der Waals surface area contributed by atoms with Crippen molar-refractivity contribution >= 4 is 11.6 Å². The molecule has 2 saturated heterocycles. The average molecular weight is 160 g/mol. The third kappa shape index (κ3) is 0.809. The molecule has 0 aromatic carbocycles. The highest BCUT2D eigenvalue weighted by atomic mass is 17.5. The van der Waals surface area contributed by atoms with Crippen molar-refractivity contribution in [1.82, 2.24) is 0 Å². The Hall–Kier alpha value is -0.820. The van der Waals surface area contributed by atoms with E-state index in [1.165, 1.54) is 6.92 Å². The molecule has 6 heteroatoms. The molecule has 2 rings (SSSR count). The van der Waals surface area contributed by atoms with Crippen LogP contribution in [0.25, 0.3) is 0 Å². The molecule has 2 heterocycles. The van der Waals surface area contributed by atoms with Gasteiger partial charge in [0, 0.05) is 0 Å². The van der Waals surface area contributed by atoms with Gasteiger partial charge in [-0.25, -0.2) is 4.89 Å². The second kappa shape index (κ2) is 1.86. The van der Waals surface area contributed by atoms with Crippen LogP contribution in [0.15, 0.2) is 0 Å². The van der Waals surface area contributed by atoms with Crippen molar-refractivity contribution in [2.24, 2.45) is 0 Å². The minimum Gasteiger partial charge on any atom is -0.296 e. The zero-order valence-corrected chi connectivity index (χ0v) is 5.53. The molecule has 0 aliphatic carbocycles. The van der Waals surface area contributed by atoms with Gasteiger partial charge in [0.05, 0.1) is 0 Å². The molecule has 1 spiro atoms. The van der Waals surface area contributed by atoms with Gasteiger partial charge in [0.2, 0.25) is 6.10 Å². The van der Waals surface area contributed by atoms with Gasteiger partial charge in [-0.05, 0) is 6.92 Å². The largest absolute Gasteiger partial charge is 0.429 e. The maximum atomic E-state index is 11.0. The lowest BCUT2D eigenvalue weighted by Gasteiger charge is -1.94. The van der Waals surface area contributed by atoms with E-state index in [9.17, 15) is 9.59 Å². The Kier molecular flexibility index (Phi) is 1.16. The van der Waals surface area contributed by atoms with Crippen LogP contribution in [0.2, 0.25) is 0 Å². The van der Waals surface area contributed by atoms with Gasteiger partial charge in [0.1, 0.15) is 0 Å². The van der Waals surface area contributed by atoms with Crippen molar-refractivity contribution in [3.05, 3.63) is 0 Å². The van der Waals surface area contributed by atoms with Crippen molar-refractivity contribution in [3.63, 3.8) is 0 Å². The Bertz CT molecular complexity index is 229. The first-order valence-corrected chi connectivity index (χ1v) is 2.92. The molecule has 0 radical (unpaired) electrons. The molecule has 0 saturated carbocycles. The van der Waals surface area contributed by atoms with E-state index < -0.39 is 23.6 Å². The lowest BCUT2D eigenvalue weighted by molar-refractivity contribution is -0.323. The van der Waals surface area contributed by atoms with Crippen LogP contribution in [0.1, 0.15) is 6.92 Å². The summed E-state index contributed by atoms with van der Waals surface area (Å²) in [6.45, 7) is 1.22. The maximum absolute atomic E-state index is 11.0. The standard InChI is InChI=1S/C5H4O6/c1-2(6)3-4(7)5(9-8-3)10-11-5/h3H,1H3. The van der Waals surface area contributed by atoms with Crippen molar-refractivity contribution in [1.29, 1.82) is 0 Å². The third-order valence-electron chi connectivity index (χ3n) is 1.40. The van der Waals surface area contributed by atoms with Gasteiger partial charge in [-0.15, -0.1) is 0 Å². The van der Waals surface area contributed by atoms with Crippen LogP contribution in [-0.2, 0) is 29.1 Å². The molecule has 0 aromatic rings. The fourth-order valence-corrected chi connectivity index (χ4v) is 0.757. The van der Waals surface area contributed by atoms with Gasteiger partial charge >= 0.3 is 5.97 Å². The van der Waals surface area contributed by atoms with Crippen LogP contribution in [0.4, 0.5) is 0 Å². The van der Waals surface area contributed by atoms with Gasteiger partial charge in [0.25, 0.3) is 5.78 Å². The van der Waals surface area contributed by atoms with E-state index in [-0.39, 0.29) is 0 Å². The second-order valence-corrected chi connectivity index (χ2v) is 2.26. The second-order valence-electron chi connectivity index (χ2n) is 2.26. The Balaban J connectivity index is 2.18. The average Bonchev–Trinajstić information content (AvgIpc) is 2.61. The van der Waals surface area contributed by atoms with E-state index in [2.05, 4.69) is 19.6 Å². The molecule has 6 nitrogen and oxygen atoms in total. The number of Topliss-reactive ketones (excluding diaryl/α,β-unsaturated/α-hetero) is 2. The summed E-state index contributed by atoms with van der Waals surface area (Å²) < 4.78 is 0. The predicted octanol–water partition coefficient (Wildman–Crippen LogP) is -0.910. The van der Waals surface area contributed by atoms with Crippen molar-refractivity contribution < 1.29 is 29.1 Å². The molecule has 60 valence electrons. The summed E-state index contributed by atoms with van der Waals surface area (Å²) in [5.74, 6) is -2.81. The smallest absolute Gasteiger partial charge is 0.296 e. The van der Waals surface area contributed by atoms with Gasteiger partial charge in [-0.3, -0.25) is 9.59 Å². The molecule has 0 bridgehead atoms.